The number of nitro benzene ring substituents is 1. The molecule has 0 aliphatic rings. The summed E-state index contributed by atoms with van der Waals surface area (Å²) in [5.74, 6) is -0.691. The summed E-state index contributed by atoms with van der Waals surface area (Å²) in [5, 5.41) is 19.9. The molecule has 0 bridgehead atoms. The van der Waals surface area contributed by atoms with Crippen molar-refractivity contribution >= 4 is 17.7 Å². The minimum Gasteiger partial charge on any atom is -0.459 e. The number of nitro groups is 1. The van der Waals surface area contributed by atoms with Gasteiger partial charge in [-0.3, -0.25) is 10.1 Å². The molecule has 24 heavy (non-hydrogen) atoms. The van der Waals surface area contributed by atoms with Crippen LogP contribution in [0.3, 0.4) is 0 Å². The molecule has 122 valence electrons. The lowest BCUT2D eigenvalue weighted by atomic mass is 10.2. The van der Waals surface area contributed by atoms with E-state index < -0.39 is 10.9 Å². The van der Waals surface area contributed by atoms with Crippen LogP contribution in [0.5, 0.6) is 0 Å². The van der Waals surface area contributed by atoms with E-state index in [2.05, 4.69) is 0 Å². The summed E-state index contributed by atoms with van der Waals surface area (Å²) in [5.41, 5.74) is 1.12. The van der Waals surface area contributed by atoms with Crippen LogP contribution in [0.1, 0.15) is 19.5 Å². The van der Waals surface area contributed by atoms with E-state index in [0.29, 0.717) is 11.4 Å². The Hall–Kier alpha value is -3.40. The molecule has 7 heteroatoms. The van der Waals surface area contributed by atoms with Crippen LogP contribution in [0.4, 0.5) is 5.69 Å². The Morgan fingerprint density at radius 2 is 2.00 bits per heavy atom. The third-order valence-electron chi connectivity index (χ3n) is 3.09. The molecular weight excluding hydrogens is 310 g/mol. The van der Waals surface area contributed by atoms with Crippen LogP contribution in [0.15, 0.2) is 48.2 Å². The summed E-state index contributed by atoms with van der Waals surface area (Å²) < 4.78 is 6.74. The van der Waals surface area contributed by atoms with Gasteiger partial charge in [-0.1, -0.05) is 0 Å². The van der Waals surface area contributed by atoms with Gasteiger partial charge in [0.05, 0.1) is 11.0 Å². The topological polar surface area (TPSA) is 98.2 Å². The van der Waals surface area contributed by atoms with Gasteiger partial charge in [0.1, 0.15) is 11.6 Å². The van der Waals surface area contributed by atoms with Gasteiger partial charge in [-0.25, -0.2) is 4.79 Å². The number of nitrogens with zero attached hydrogens (tertiary/aromatic N) is 3. The number of hydrogen-bond donors (Lipinski definition) is 0. The molecule has 0 aliphatic carbocycles. The number of carbonyl (C=O) groups is 1. The maximum Gasteiger partial charge on any atom is 0.349 e. The van der Waals surface area contributed by atoms with Gasteiger partial charge in [0.25, 0.3) is 5.69 Å². The van der Waals surface area contributed by atoms with Crippen LogP contribution in [-0.4, -0.2) is 21.6 Å². The van der Waals surface area contributed by atoms with Gasteiger partial charge in [0.2, 0.25) is 0 Å². The zero-order chi connectivity index (χ0) is 17.7. The molecule has 0 saturated heterocycles. The van der Waals surface area contributed by atoms with E-state index in [0.717, 1.165) is 0 Å². The lowest BCUT2D eigenvalue weighted by molar-refractivity contribution is -0.384. The summed E-state index contributed by atoms with van der Waals surface area (Å²) >= 11 is 0. The van der Waals surface area contributed by atoms with Gasteiger partial charge in [-0.05, 0) is 44.2 Å². The van der Waals surface area contributed by atoms with Crippen molar-refractivity contribution in [2.75, 3.05) is 0 Å². The lowest BCUT2D eigenvalue weighted by Gasteiger charge is -2.08. The normalized spacial score (nSPS) is 11.2. The molecule has 2 rings (SSSR count). The van der Waals surface area contributed by atoms with Gasteiger partial charge in [-0.2, -0.15) is 5.26 Å². The fourth-order valence-corrected chi connectivity index (χ4v) is 2.04. The molecule has 2 aromatic rings. The van der Waals surface area contributed by atoms with Crippen molar-refractivity contribution < 1.29 is 14.5 Å². The van der Waals surface area contributed by atoms with E-state index in [1.165, 1.54) is 18.2 Å². The van der Waals surface area contributed by atoms with Crippen molar-refractivity contribution in [2.45, 2.75) is 20.0 Å². The highest BCUT2D eigenvalue weighted by molar-refractivity contribution is 5.97. The molecule has 0 atom stereocenters. The molecule has 1 aromatic heterocycles. The van der Waals surface area contributed by atoms with Crippen LogP contribution < -0.4 is 0 Å². The number of hydrogen-bond acceptors (Lipinski definition) is 5. The first-order valence-corrected chi connectivity index (χ1v) is 7.17. The Kier molecular flexibility index (Phi) is 5.12. The zero-order valence-electron chi connectivity index (χ0n) is 13.2. The average Bonchev–Trinajstić information content (AvgIpc) is 3.00. The van der Waals surface area contributed by atoms with Crippen molar-refractivity contribution in [3.8, 4) is 11.8 Å². The van der Waals surface area contributed by atoms with Crippen LogP contribution in [0.25, 0.3) is 11.8 Å². The number of esters is 1. The van der Waals surface area contributed by atoms with E-state index in [9.17, 15) is 14.9 Å². The smallest absolute Gasteiger partial charge is 0.349 e. The number of ether oxygens (including phenoxy) is 1. The zero-order valence-corrected chi connectivity index (χ0v) is 13.2. The second-order valence-corrected chi connectivity index (χ2v) is 5.20. The Bertz CT molecular complexity index is 826. The standard InChI is InChI=1S/C17H15N3O4/c1-12(2)24-17(21)13(11-18)10-16-4-3-9-19(16)14-5-7-15(8-6-14)20(22)23/h3-10,12H,1-2H3/b13-10+. The van der Waals surface area contributed by atoms with Gasteiger partial charge in [0.15, 0.2) is 0 Å². The number of aromatic nitrogens is 1. The highest BCUT2D eigenvalue weighted by Crippen LogP contribution is 2.19. The minimum atomic E-state index is -0.691. The molecule has 0 unspecified atom stereocenters. The highest BCUT2D eigenvalue weighted by atomic mass is 16.6. The number of nitriles is 1. The molecule has 7 nitrogen and oxygen atoms in total. The van der Waals surface area contributed by atoms with Gasteiger partial charge in [-0.15, -0.1) is 0 Å². The van der Waals surface area contributed by atoms with E-state index in [1.807, 2.05) is 6.07 Å². The number of non-ortho nitro benzene ring substituents is 1. The van der Waals surface area contributed by atoms with Gasteiger partial charge < -0.3 is 9.30 Å². The lowest BCUT2D eigenvalue weighted by Crippen LogP contribution is -2.13. The van der Waals surface area contributed by atoms with Crippen LogP contribution in [0.2, 0.25) is 0 Å². The SMILES string of the molecule is CC(C)OC(=O)/C(C#N)=C/c1cccn1-c1ccc([N+](=O)[O-])cc1. The molecule has 0 spiro atoms. The Labute approximate surface area is 138 Å². The van der Waals surface area contributed by atoms with Crippen molar-refractivity contribution in [1.82, 2.24) is 4.57 Å². The van der Waals surface area contributed by atoms with Crippen LogP contribution >= 0.6 is 0 Å². The Balaban J connectivity index is 2.36. The monoisotopic (exact) mass is 325 g/mol. The molecular formula is C17H15N3O4. The molecule has 0 fully saturated rings. The first kappa shape index (κ1) is 17.0. The maximum atomic E-state index is 11.9. The number of rotatable bonds is 5. The number of benzene rings is 1. The predicted octanol–water partition coefficient (Wildman–Crippen LogP) is 3.24. The van der Waals surface area contributed by atoms with Crippen molar-refractivity contribution in [3.63, 3.8) is 0 Å². The van der Waals surface area contributed by atoms with Crippen molar-refractivity contribution in [3.05, 3.63) is 64.0 Å². The fraction of sp³-hybridized carbons (Fsp3) is 0.176. The summed E-state index contributed by atoms with van der Waals surface area (Å²) in [7, 11) is 0. The Morgan fingerprint density at radius 1 is 1.33 bits per heavy atom. The van der Waals surface area contributed by atoms with E-state index in [4.69, 9.17) is 10.00 Å². The molecule has 0 amide bonds. The summed E-state index contributed by atoms with van der Waals surface area (Å²) in [6.45, 7) is 3.40. The summed E-state index contributed by atoms with van der Waals surface area (Å²) in [6.07, 6.45) is 2.83. The first-order valence-electron chi connectivity index (χ1n) is 7.17. The average molecular weight is 325 g/mol. The molecule has 1 heterocycles. The molecule has 0 saturated carbocycles. The minimum absolute atomic E-state index is 0.0128. The van der Waals surface area contributed by atoms with Crippen molar-refractivity contribution in [1.29, 1.82) is 5.26 Å². The quantitative estimate of drug-likeness (QED) is 0.276. The second kappa shape index (κ2) is 7.24. The summed E-state index contributed by atoms with van der Waals surface area (Å²) in [6, 6.07) is 11.3. The third-order valence-corrected chi connectivity index (χ3v) is 3.09. The highest BCUT2D eigenvalue weighted by Gasteiger charge is 2.14. The Morgan fingerprint density at radius 3 is 2.54 bits per heavy atom. The van der Waals surface area contributed by atoms with Gasteiger partial charge in [0, 0.05) is 29.7 Å². The second-order valence-electron chi connectivity index (χ2n) is 5.20. The molecule has 0 aliphatic heterocycles. The number of carbonyl (C=O) groups excluding carboxylic acids is 1. The largest absolute Gasteiger partial charge is 0.459 e. The molecule has 1 aromatic carbocycles. The predicted molar refractivity (Wildman–Crippen MR) is 87.2 cm³/mol. The summed E-state index contributed by atoms with van der Waals surface area (Å²) in [4.78, 5) is 22.1. The molecule has 0 N–H and O–H groups in total. The van der Waals surface area contributed by atoms with Crippen LogP contribution in [0, 0.1) is 21.4 Å². The third kappa shape index (κ3) is 3.87. The van der Waals surface area contributed by atoms with E-state index in [-0.39, 0.29) is 17.4 Å². The molecule has 0 radical (unpaired) electrons. The van der Waals surface area contributed by atoms with E-state index in [1.54, 1.807) is 48.9 Å². The maximum absolute atomic E-state index is 11.9. The van der Waals surface area contributed by atoms with Crippen molar-refractivity contribution in [2.24, 2.45) is 0 Å². The van der Waals surface area contributed by atoms with E-state index >= 15 is 0 Å². The first-order chi connectivity index (χ1) is 11.4. The van der Waals surface area contributed by atoms with Gasteiger partial charge >= 0.3 is 5.97 Å². The van der Waals surface area contributed by atoms with Crippen LogP contribution in [-0.2, 0) is 9.53 Å². The fourth-order valence-electron chi connectivity index (χ4n) is 2.04.